The number of anilines is 1. The molecule has 1 aliphatic carbocycles. The van der Waals surface area contributed by atoms with Crippen molar-refractivity contribution < 1.29 is 18.0 Å². The van der Waals surface area contributed by atoms with Crippen LogP contribution in [0.5, 0.6) is 0 Å². The smallest absolute Gasteiger partial charge is 0.243 e. The van der Waals surface area contributed by atoms with Crippen molar-refractivity contribution in [1.29, 1.82) is 0 Å². The molecule has 2 aromatic rings. The molecule has 0 aliphatic heterocycles. The number of nitrogens with zero attached hydrogens (tertiary/aromatic N) is 2. The first-order chi connectivity index (χ1) is 18.9. The summed E-state index contributed by atoms with van der Waals surface area (Å²) >= 11 is 12.4. The quantitative estimate of drug-likeness (QED) is 0.301. The second kappa shape index (κ2) is 14.6. The third-order valence-corrected chi connectivity index (χ3v) is 9.38. The lowest BCUT2D eigenvalue weighted by Crippen LogP contribution is -2.51. The van der Waals surface area contributed by atoms with Gasteiger partial charge < -0.3 is 10.2 Å². The highest BCUT2D eigenvalue weighted by Crippen LogP contribution is 2.26. The SMILES string of the molecule is CCC(C(=O)NC1CCCCC1)N(Cc1ccc(Cl)c(Cl)c1)C(=O)CCCN(c1cc(C)ccc1C)S(C)(=O)=O. The zero-order valence-corrected chi connectivity index (χ0v) is 26.2. The first-order valence-electron chi connectivity index (χ1n) is 14.0. The molecule has 1 N–H and O–H groups in total. The van der Waals surface area contributed by atoms with Crippen LogP contribution < -0.4 is 9.62 Å². The second-order valence-electron chi connectivity index (χ2n) is 10.8. The van der Waals surface area contributed by atoms with E-state index in [2.05, 4.69) is 5.32 Å². The number of halogens is 2. The highest BCUT2D eigenvalue weighted by atomic mass is 35.5. The van der Waals surface area contributed by atoms with E-state index in [0.29, 0.717) is 28.6 Å². The molecule has 3 rings (SSSR count). The van der Waals surface area contributed by atoms with Gasteiger partial charge in [0.25, 0.3) is 0 Å². The van der Waals surface area contributed by atoms with Gasteiger partial charge in [0.05, 0.1) is 22.0 Å². The molecule has 10 heteroatoms. The molecule has 0 radical (unpaired) electrons. The highest BCUT2D eigenvalue weighted by molar-refractivity contribution is 7.92. The minimum Gasteiger partial charge on any atom is -0.352 e. The maximum atomic E-state index is 13.7. The fourth-order valence-electron chi connectivity index (χ4n) is 5.27. The Kier molecular flexibility index (Phi) is 11.7. The number of rotatable bonds is 12. The zero-order chi connectivity index (χ0) is 29.4. The number of carbonyl (C=O) groups is 2. The minimum atomic E-state index is -3.57. The molecule has 220 valence electrons. The van der Waals surface area contributed by atoms with Crippen LogP contribution in [-0.4, -0.2) is 50.0 Å². The predicted molar refractivity (Wildman–Crippen MR) is 163 cm³/mol. The lowest BCUT2D eigenvalue weighted by Gasteiger charge is -2.33. The van der Waals surface area contributed by atoms with Crippen molar-refractivity contribution in [3.05, 3.63) is 63.1 Å². The molecule has 1 aliphatic rings. The van der Waals surface area contributed by atoms with E-state index < -0.39 is 16.1 Å². The summed E-state index contributed by atoms with van der Waals surface area (Å²) < 4.78 is 26.7. The number of aryl methyl sites for hydroxylation is 2. The summed E-state index contributed by atoms with van der Waals surface area (Å²) in [6.07, 6.45) is 7.27. The van der Waals surface area contributed by atoms with Crippen molar-refractivity contribution in [2.24, 2.45) is 0 Å². The minimum absolute atomic E-state index is 0.0887. The second-order valence-corrected chi connectivity index (χ2v) is 13.5. The highest BCUT2D eigenvalue weighted by Gasteiger charge is 2.30. The van der Waals surface area contributed by atoms with Crippen LogP contribution in [0.25, 0.3) is 0 Å². The van der Waals surface area contributed by atoms with Gasteiger partial charge in [0.15, 0.2) is 0 Å². The number of nitrogens with one attached hydrogen (secondary N) is 1. The molecule has 0 bridgehead atoms. The Morgan fingerprint density at radius 1 is 1.02 bits per heavy atom. The monoisotopic (exact) mass is 609 g/mol. The van der Waals surface area contributed by atoms with Crippen molar-refractivity contribution in [2.45, 2.75) is 90.8 Å². The number of hydrogen-bond donors (Lipinski definition) is 1. The van der Waals surface area contributed by atoms with Crippen LogP contribution in [0.3, 0.4) is 0 Å². The Morgan fingerprint density at radius 2 is 1.73 bits per heavy atom. The molecular weight excluding hydrogens is 569 g/mol. The third kappa shape index (κ3) is 8.85. The average Bonchev–Trinajstić information content (AvgIpc) is 2.90. The topological polar surface area (TPSA) is 86.8 Å². The van der Waals surface area contributed by atoms with Crippen molar-refractivity contribution >= 4 is 50.7 Å². The molecule has 1 atom stereocenters. The molecular formula is C30H41Cl2N3O4S. The van der Waals surface area contributed by atoms with Gasteiger partial charge in [-0.05, 0) is 74.4 Å². The van der Waals surface area contributed by atoms with E-state index in [1.807, 2.05) is 39.0 Å². The molecule has 2 amide bonds. The first-order valence-corrected chi connectivity index (χ1v) is 16.6. The number of carbonyl (C=O) groups excluding carboxylic acids is 2. The zero-order valence-electron chi connectivity index (χ0n) is 23.9. The van der Waals surface area contributed by atoms with E-state index in [1.165, 1.54) is 17.0 Å². The van der Waals surface area contributed by atoms with Gasteiger partial charge in [0.2, 0.25) is 21.8 Å². The van der Waals surface area contributed by atoms with Crippen molar-refractivity contribution in [2.75, 3.05) is 17.1 Å². The summed E-state index contributed by atoms with van der Waals surface area (Å²) in [5, 5.41) is 3.96. The first kappa shape index (κ1) is 32.2. The largest absolute Gasteiger partial charge is 0.352 e. The fraction of sp³-hybridized carbons (Fsp3) is 0.533. The van der Waals surface area contributed by atoms with Gasteiger partial charge in [-0.3, -0.25) is 13.9 Å². The summed E-state index contributed by atoms with van der Waals surface area (Å²) in [4.78, 5) is 28.7. The van der Waals surface area contributed by atoms with E-state index in [0.717, 1.165) is 42.4 Å². The Bertz CT molecular complexity index is 1300. The summed E-state index contributed by atoms with van der Waals surface area (Å²) in [6.45, 7) is 6.02. The summed E-state index contributed by atoms with van der Waals surface area (Å²) in [7, 11) is -3.57. The van der Waals surface area contributed by atoms with Gasteiger partial charge in [-0.1, -0.05) is 67.6 Å². The molecule has 40 heavy (non-hydrogen) atoms. The van der Waals surface area contributed by atoms with Gasteiger partial charge in [0.1, 0.15) is 6.04 Å². The molecule has 7 nitrogen and oxygen atoms in total. The van der Waals surface area contributed by atoms with Crippen LogP contribution in [0.1, 0.15) is 75.0 Å². The van der Waals surface area contributed by atoms with Crippen LogP contribution >= 0.6 is 23.2 Å². The van der Waals surface area contributed by atoms with Gasteiger partial charge in [-0.25, -0.2) is 8.42 Å². The molecule has 1 unspecified atom stereocenters. The van der Waals surface area contributed by atoms with E-state index in [1.54, 1.807) is 23.1 Å². The number of hydrogen-bond acceptors (Lipinski definition) is 4. The number of amides is 2. The molecule has 0 aromatic heterocycles. The molecule has 1 saturated carbocycles. The fourth-order valence-corrected chi connectivity index (χ4v) is 6.60. The van der Waals surface area contributed by atoms with E-state index >= 15 is 0 Å². The van der Waals surface area contributed by atoms with E-state index in [4.69, 9.17) is 23.2 Å². The van der Waals surface area contributed by atoms with Crippen LogP contribution in [-0.2, 0) is 26.2 Å². The Labute approximate surface area is 249 Å². The predicted octanol–water partition coefficient (Wildman–Crippen LogP) is 6.41. The Morgan fingerprint density at radius 3 is 2.35 bits per heavy atom. The van der Waals surface area contributed by atoms with E-state index in [9.17, 15) is 18.0 Å². The van der Waals surface area contributed by atoms with Crippen molar-refractivity contribution in [1.82, 2.24) is 10.2 Å². The third-order valence-electron chi connectivity index (χ3n) is 7.46. The van der Waals surface area contributed by atoms with Crippen LogP contribution in [0.4, 0.5) is 5.69 Å². The van der Waals surface area contributed by atoms with Crippen LogP contribution in [0.2, 0.25) is 10.0 Å². The standard InChI is InChI=1S/C30H41Cl2N3O4S/c1-5-27(30(37)33-24-10-7-6-8-11-24)34(20-23-15-16-25(31)26(32)19-23)29(36)12-9-17-35(40(4,38)39)28-18-21(2)13-14-22(28)3/h13-16,18-19,24,27H,5-12,17,20H2,1-4H3,(H,33,37). The maximum Gasteiger partial charge on any atom is 0.243 e. The van der Waals surface area contributed by atoms with Crippen LogP contribution in [0, 0.1) is 13.8 Å². The lowest BCUT2D eigenvalue weighted by atomic mass is 9.95. The van der Waals surface area contributed by atoms with Crippen molar-refractivity contribution in [3.63, 3.8) is 0 Å². The number of sulfonamides is 1. The van der Waals surface area contributed by atoms with Gasteiger partial charge in [-0.15, -0.1) is 0 Å². The molecule has 0 saturated heterocycles. The Hall–Kier alpha value is -2.29. The Balaban J connectivity index is 1.80. The van der Waals surface area contributed by atoms with Gasteiger partial charge in [-0.2, -0.15) is 0 Å². The van der Waals surface area contributed by atoms with Gasteiger partial charge >= 0.3 is 0 Å². The summed E-state index contributed by atoms with van der Waals surface area (Å²) in [6, 6.07) is 10.3. The van der Waals surface area contributed by atoms with Gasteiger partial charge in [0, 0.05) is 25.6 Å². The van der Waals surface area contributed by atoms with E-state index in [-0.39, 0.29) is 37.4 Å². The molecule has 2 aromatic carbocycles. The molecule has 0 spiro atoms. The summed E-state index contributed by atoms with van der Waals surface area (Å²) in [5.41, 5.74) is 3.17. The maximum absolute atomic E-state index is 13.7. The average molecular weight is 611 g/mol. The van der Waals surface area contributed by atoms with Crippen LogP contribution in [0.15, 0.2) is 36.4 Å². The molecule has 1 fully saturated rings. The summed E-state index contributed by atoms with van der Waals surface area (Å²) in [5.74, 6) is -0.373. The van der Waals surface area contributed by atoms with Crippen molar-refractivity contribution in [3.8, 4) is 0 Å². The number of benzene rings is 2. The normalized spacial score (nSPS) is 14.9. The lowest BCUT2D eigenvalue weighted by molar-refractivity contribution is -0.141. The molecule has 0 heterocycles.